The number of unbranched alkanes of at least 4 members (excludes halogenated alkanes) is 2. The average molecular weight is 213 g/mol. The highest BCUT2D eigenvalue weighted by Gasteiger charge is 2.05. The Morgan fingerprint density at radius 2 is 2.29 bits per heavy atom. The summed E-state index contributed by atoms with van der Waals surface area (Å²) >= 11 is 1.68. The lowest BCUT2D eigenvalue weighted by Gasteiger charge is -2.14. The summed E-state index contributed by atoms with van der Waals surface area (Å²) in [6.45, 7) is 3.85. The van der Waals surface area contributed by atoms with E-state index in [1.807, 2.05) is 5.38 Å². The molecule has 0 saturated carbocycles. The molecule has 0 spiro atoms. The Morgan fingerprint density at radius 1 is 1.50 bits per heavy atom. The molecule has 80 valence electrons. The largest absolute Gasteiger partial charge is 0.351 e. The summed E-state index contributed by atoms with van der Waals surface area (Å²) in [5, 5.41) is 3.12. The highest BCUT2D eigenvalue weighted by Crippen LogP contribution is 2.19. The van der Waals surface area contributed by atoms with Crippen LogP contribution < -0.4 is 10.6 Å². The molecule has 0 amide bonds. The first-order valence-corrected chi connectivity index (χ1v) is 6.01. The van der Waals surface area contributed by atoms with Gasteiger partial charge in [-0.1, -0.05) is 19.8 Å². The van der Waals surface area contributed by atoms with Gasteiger partial charge in [-0.3, -0.25) is 0 Å². The lowest BCUT2D eigenvalue weighted by molar-refractivity contribution is 0.703. The van der Waals surface area contributed by atoms with Gasteiger partial charge in [0.25, 0.3) is 0 Å². The predicted octanol–water partition coefficient (Wildman–Crippen LogP) is 2.23. The molecule has 0 aromatic carbocycles. The van der Waals surface area contributed by atoms with E-state index in [1.54, 1.807) is 11.3 Å². The van der Waals surface area contributed by atoms with Crippen LogP contribution in [0.25, 0.3) is 0 Å². The maximum atomic E-state index is 5.51. The number of thiazole rings is 1. The van der Waals surface area contributed by atoms with Crippen molar-refractivity contribution in [3.63, 3.8) is 0 Å². The quantitative estimate of drug-likeness (QED) is 0.737. The topological polar surface area (TPSA) is 42.2 Å². The minimum atomic E-state index is 0.541. The second-order valence-electron chi connectivity index (χ2n) is 3.45. The van der Waals surface area contributed by atoms with Crippen molar-refractivity contribution in [1.82, 2.24) is 4.98 Å². The molecule has 0 bridgehead atoms. The van der Waals surface area contributed by atoms with Crippen LogP contribution in [-0.4, -0.2) is 18.6 Å². The van der Waals surface area contributed by atoms with E-state index in [4.69, 9.17) is 5.73 Å². The van der Waals surface area contributed by atoms with Gasteiger partial charge in [0.05, 0.1) is 5.69 Å². The zero-order valence-corrected chi connectivity index (χ0v) is 9.81. The van der Waals surface area contributed by atoms with E-state index in [0.29, 0.717) is 6.54 Å². The summed E-state index contributed by atoms with van der Waals surface area (Å²) in [5.74, 6) is 0. The van der Waals surface area contributed by atoms with Gasteiger partial charge in [0, 0.05) is 25.5 Å². The van der Waals surface area contributed by atoms with Gasteiger partial charge < -0.3 is 10.6 Å². The molecular formula is C10H19N3S. The van der Waals surface area contributed by atoms with Crippen LogP contribution in [0.5, 0.6) is 0 Å². The molecule has 3 nitrogen and oxygen atoms in total. The molecule has 0 aliphatic carbocycles. The van der Waals surface area contributed by atoms with Gasteiger partial charge >= 0.3 is 0 Å². The smallest absolute Gasteiger partial charge is 0.185 e. The Balaban J connectivity index is 2.39. The number of nitrogens with zero attached hydrogens (tertiary/aromatic N) is 2. The first-order chi connectivity index (χ1) is 6.77. The van der Waals surface area contributed by atoms with E-state index in [2.05, 4.69) is 23.9 Å². The van der Waals surface area contributed by atoms with E-state index >= 15 is 0 Å². The van der Waals surface area contributed by atoms with Gasteiger partial charge in [-0.15, -0.1) is 11.3 Å². The van der Waals surface area contributed by atoms with Crippen molar-refractivity contribution in [2.24, 2.45) is 5.73 Å². The molecule has 1 aromatic heterocycles. The third-order valence-electron chi connectivity index (χ3n) is 2.17. The molecule has 4 heteroatoms. The molecule has 0 atom stereocenters. The second kappa shape index (κ2) is 5.98. The molecule has 0 aliphatic rings. The second-order valence-corrected chi connectivity index (χ2v) is 4.29. The zero-order chi connectivity index (χ0) is 10.4. The van der Waals surface area contributed by atoms with Crippen molar-refractivity contribution < 1.29 is 0 Å². The third-order valence-corrected chi connectivity index (χ3v) is 3.18. The molecule has 0 fully saturated rings. The monoisotopic (exact) mass is 213 g/mol. The number of nitrogens with two attached hydrogens (primary N) is 1. The van der Waals surface area contributed by atoms with Crippen LogP contribution in [0.2, 0.25) is 0 Å². The van der Waals surface area contributed by atoms with E-state index in [9.17, 15) is 0 Å². The Labute approximate surface area is 89.9 Å². The lowest BCUT2D eigenvalue weighted by atomic mass is 10.2. The fourth-order valence-electron chi connectivity index (χ4n) is 1.26. The summed E-state index contributed by atoms with van der Waals surface area (Å²) in [4.78, 5) is 6.63. The fourth-order valence-corrected chi connectivity index (χ4v) is 2.09. The summed E-state index contributed by atoms with van der Waals surface area (Å²) in [7, 11) is 2.09. The molecular weight excluding hydrogens is 194 g/mol. The van der Waals surface area contributed by atoms with Gasteiger partial charge in [-0.05, 0) is 6.42 Å². The van der Waals surface area contributed by atoms with E-state index in [0.717, 1.165) is 17.4 Å². The highest BCUT2D eigenvalue weighted by atomic mass is 32.1. The Morgan fingerprint density at radius 3 is 2.86 bits per heavy atom. The number of anilines is 1. The van der Waals surface area contributed by atoms with Crippen molar-refractivity contribution >= 4 is 16.5 Å². The van der Waals surface area contributed by atoms with Gasteiger partial charge in [-0.2, -0.15) is 0 Å². The summed E-state index contributed by atoms with van der Waals surface area (Å²) < 4.78 is 0. The zero-order valence-electron chi connectivity index (χ0n) is 8.99. The van der Waals surface area contributed by atoms with Crippen molar-refractivity contribution in [3.05, 3.63) is 11.1 Å². The van der Waals surface area contributed by atoms with Crippen LogP contribution in [0.1, 0.15) is 31.9 Å². The molecule has 0 aliphatic heterocycles. The molecule has 1 aromatic rings. The number of hydrogen-bond donors (Lipinski definition) is 1. The van der Waals surface area contributed by atoms with Crippen LogP contribution in [0.15, 0.2) is 5.38 Å². The Hall–Kier alpha value is -0.610. The first-order valence-electron chi connectivity index (χ1n) is 5.13. The SMILES string of the molecule is CCCCCN(C)c1nc(CN)cs1. The average Bonchev–Trinajstić information content (AvgIpc) is 2.66. The normalized spacial score (nSPS) is 10.5. The minimum absolute atomic E-state index is 0.541. The molecule has 2 N–H and O–H groups in total. The molecule has 0 saturated heterocycles. The summed E-state index contributed by atoms with van der Waals surface area (Å²) in [5.41, 5.74) is 6.50. The van der Waals surface area contributed by atoms with Crippen LogP contribution in [0.3, 0.4) is 0 Å². The van der Waals surface area contributed by atoms with Crippen molar-refractivity contribution in [2.45, 2.75) is 32.7 Å². The highest BCUT2D eigenvalue weighted by molar-refractivity contribution is 7.13. The number of rotatable bonds is 6. The van der Waals surface area contributed by atoms with Crippen molar-refractivity contribution in [3.8, 4) is 0 Å². The Kier molecular flexibility index (Phi) is 4.90. The summed E-state index contributed by atoms with van der Waals surface area (Å²) in [6, 6.07) is 0. The van der Waals surface area contributed by atoms with Crippen molar-refractivity contribution in [2.75, 3.05) is 18.5 Å². The minimum Gasteiger partial charge on any atom is -0.351 e. The number of aromatic nitrogens is 1. The van der Waals surface area contributed by atoms with Crippen LogP contribution in [0.4, 0.5) is 5.13 Å². The summed E-state index contributed by atoms with van der Waals surface area (Å²) in [6.07, 6.45) is 3.80. The molecule has 0 unspecified atom stereocenters. The Bertz CT molecular complexity index is 260. The van der Waals surface area contributed by atoms with Gasteiger partial charge in [0.2, 0.25) is 0 Å². The van der Waals surface area contributed by atoms with Crippen LogP contribution >= 0.6 is 11.3 Å². The van der Waals surface area contributed by atoms with Crippen molar-refractivity contribution in [1.29, 1.82) is 0 Å². The standard InChI is InChI=1S/C10H19N3S/c1-3-4-5-6-13(2)10-12-9(7-11)8-14-10/h8H,3-7,11H2,1-2H3. The van der Waals surface area contributed by atoms with Gasteiger partial charge in [0.15, 0.2) is 5.13 Å². The van der Waals surface area contributed by atoms with Gasteiger partial charge in [-0.25, -0.2) is 4.98 Å². The maximum Gasteiger partial charge on any atom is 0.185 e. The number of hydrogen-bond acceptors (Lipinski definition) is 4. The lowest BCUT2D eigenvalue weighted by Crippen LogP contribution is -2.18. The first kappa shape index (κ1) is 11.5. The van der Waals surface area contributed by atoms with E-state index < -0.39 is 0 Å². The van der Waals surface area contributed by atoms with Crippen LogP contribution in [-0.2, 0) is 6.54 Å². The van der Waals surface area contributed by atoms with Gasteiger partial charge in [0.1, 0.15) is 0 Å². The van der Waals surface area contributed by atoms with E-state index in [-0.39, 0.29) is 0 Å². The van der Waals surface area contributed by atoms with Crippen LogP contribution in [0, 0.1) is 0 Å². The molecule has 1 rings (SSSR count). The van der Waals surface area contributed by atoms with E-state index in [1.165, 1.54) is 19.3 Å². The maximum absolute atomic E-state index is 5.51. The molecule has 1 heterocycles. The third kappa shape index (κ3) is 3.27. The predicted molar refractivity (Wildman–Crippen MR) is 62.8 cm³/mol. The molecule has 14 heavy (non-hydrogen) atoms. The fraction of sp³-hybridized carbons (Fsp3) is 0.700. The molecule has 0 radical (unpaired) electrons.